The lowest BCUT2D eigenvalue weighted by Crippen LogP contribution is -2.29. The number of alkyl halides is 3. The summed E-state index contributed by atoms with van der Waals surface area (Å²) in [5.74, 6) is 0.0753. The normalized spacial score (nSPS) is 12.3. The highest BCUT2D eigenvalue weighted by Crippen LogP contribution is 2.36. The molecule has 136 valence electrons. The average molecular weight is 395 g/mol. The van der Waals surface area contributed by atoms with Gasteiger partial charge in [-0.05, 0) is 30.3 Å². The Morgan fingerprint density at radius 3 is 2.28 bits per heavy atom. The third kappa shape index (κ3) is 4.97. The maximum Gasteiger partial charge on any atom is 0.417 e. The molecule has 0 aliphatic heterocycles. The van der Waals surface area contributed by atoms with Crippen molar-refractivity contribution in [2.75, 3.05) is 24.1 Å². The van der Waals surface area contributed by atoms with Crippen LogP contribution >= 0.6 is 11.6 Å². The van der Waals surface area contributed by atoms with Gasteiger partial charge in [0.2, 0.25) is 0 Å². The van der Waals surface area contributed by atoms with E-state index in [4.69, 9.17) is 11.6 Å². The summed E-state index contributed by atoms with van der Waals surface area (Å²) in [4.78, 5) is 3.90. The van der Waals surface area contributed by atoms with Gasteiger partial charge in [0.25, 0.3) is 0 Å². The number of benzene rings is 1. The zero-order valence-electron chi connectivity index (χ0n) is 13.1. The van der Waals surface area contributed by atoms with E-state index in [1.807, 2.05) is 0 Å². The summed E-state index contributed by atoms with van der Waals surface area (Å²) in [6.07, 6.45) is -3.28. The number of hydrogen-bond donors (Lipinski definition) is 2. The maximum atomic E-state index is 12.8. The molecule has 0 aliphatic rings. The number of halogens is 4. The van der Waals surface area contributed by atoms with Gasteiger partial charge in [-0.25, -0.2) is 4.98 Å². The number of anilines is 3. The van der Waals surface area contributed by atoms with Gasteiger partial charge in [0.05, 0.1) is 22.5 Å². The molecule has 0 unspecified atom stereocenters. The molecule has 1 aromatic carbocycles. The van der Waals surface area contributed by atoms with E-state index in [1.54, 1.807) is 0 Å². The molecule has 0 radical (unpaired) electrons. The van der Waals surface area contributed by atoms with Crippen LogP contribution in [-0.4, -0.2) is 31.8 Å². The summed E-state index contributed by atoms with van der Waals surface area (Å²) in [6.45, 7) is 0. The quantitative estimate of drug-likeness (QED) is 0.810. The Morgan fingerprint density at radius 1 is 1.12 bits per heavy atom. The van der Waals surface area contributed by atoms with Crippen LogP contribution in [0.2, 0.25) is 5.02 Å². The van der Waals surface area contributed by atoms with Crippen molar-refractivity contribution >= 4 is 39.0 Å². The van der Waals surface area contributed by atoms with E-state index in [0.717, 1.165) is 16.4 Å². The smallest absolute Gasteiger partial charge is 0.354 e. The van der Waals surface area contributed by atoms with Crippen molar-refractivity contribution in [3.63, 3.8) is 0 Å². The summed E-state index contributed by atoms with van der Waals surface area (Å²) in [5.41, 5.74) is -0.411. The number of hydrogen-bond acceptors (Lipinski definition) is 4. The van der Waals surface area contributed by atoms with E-state index < -0.39 is 27.0 Å². The Labute approximate surface area is 147 Å². The lowest BCUT2D eigenvalue weighted by atomic mass is 10.2. The van der Waals surface area contributed by atoms with Crippen molar-refractivity contribution in [2.24, 2.45) is 0 Å². The standard InChI is InChI=1S/C14H14ClF3N4O2S/c1-22(2)25(23,24)21-13-6-4-10(8-19-13)20-9-3-5-12(15)11(7-9)14(16,17)18/h3-8,20H,1-2H3,(H,19,21). The molecule has 6 nitrogen and oxygen atoms in total. The Morgan fingerprint density at radius 2 is 1.76 bits per heavy atom. The molecule has 2 rings (SSSR count). The SMILES string of the molecule is CN(C)S(=O)(=O)Nc1ccc(Nc2ccc(Cl)c(C(F)(F)F)c2)cn1. The molecular formula is C14H14ClF3N4O2S. The number of nitrogens with zero attached hydrogens (tertiary/aromatic N) is 2. The molecule has 1 heterocycles. The molecular weight excluding hydrogens is 381 g/mol. The van der Waals surface area contributed by atoms with Crippen LogP contribution < -0.4 is 10.0 Å². The molecule has 25 heavy (non-hydrogen) atoms. The van der Waals surface area contributed by atoms with Crippen molar-refractivity contribution in [1.82, 2.24) is 9.29 Å². The molecule has 0 spiro atoms. The van der Waals surface area contributed by atoms with Gasteiger partial charge in [-0.1, -0.05) is 11.6 Å². The lowest BCUT2D eigenvalue weighted by Gasteiger charge is -2.14. The number of rotatable bonds is 5. The molecule has 0 saturated heterocycles. The Balaban J connectivity index is 2.17. The highest BCUT2D eigenvalue weighted by Gasteiger charge is 2.33. The minimum Gasteiger partial charge on any atom is -0.354 e. The zero-order valence-corrected chi connectivity index (χ0v) is 14.7. The summed E-state index contributed by atoms with van der Waals surface area (Å²) in [5, 5.41) is 2.35. The van der Waals surface area contributed by atoms with E-state index in [9.17, 15) is 21.6 Å². The maximum absolute atomic E-state index is 12.8. The predicted molar refractivity (Wildman–Crippen MR) is 90.2 cm³/mol. The second kappa shape index (κ2) is 7.06. The van der Waals surface area contributed by atoms with Gasteiger partial charge in [0.1, 0.15) is 5.82 Å². The van der Waals surface area contributed by atoms with Crippen LogP contribution in [-0.2, 0) is 16.4 Å². The van der Waals surface area contributed by atoms with Crippen LogP contribution in [0.1, 0.15) is 5.56 Å². The topological polar surface area (TPSA) is 74.3 Å². The Kier molecular flexibility index (Phi) is 5.45. The first kappa shape index (κ1) is 19.3. The zero-order chi connectivity index (χ0) is 18.8. The molecule has 0 fully saturated rings. The summed E-state index contributed by atoms with van der Waals surface area (Å²) in [6, 6.07) is 6.26. The van der Waals surface area contributed by atoms with Crippen LogP contribution in [0.15, 0.2) is 36.5 Å². The molecule has 1 aromatic heterocycles. The summed E-state index contributed by atoms with van der Waals surface area (Å²) >= 11 is 5.56. The number of pyridine rings is 1. The van der Waals surface area contributed by atoms with Crippen LogP contribution in [0.4, 0.5) is 30.4 Å². The minimum atomic E-state index is -4.57. The predicted octanol–water partition coefficient (Wildman–Crippen LogP) is 3.72. The van der Waals surface area contributed by atoms with Gasteiger partial charge in [0, 0.05) is 19.8 Å². The van der Waals surface area contributed by atoms with Crippen LogP contribution in [0, 0.1) is 0 Å². The third-order valence-electron chi connectivity index (χ3n) is 3.04. The van der Waals surface area contributed by atoms with Gasteiger partial charge in [-0.2, -0.15) is 25.9 Å². The Hall–Kier alpha value is -2.04. The Bertz CT molecular complexity index is 855. The van der Waals surface area contributed by atoms with Gasteiger partial charge in [-0.3, -0.25) is 4.72 Å². The van der Waals surface area contributed by atoms with Crippen LogP contribution in [0.25, 0.3) is 0 Å². The second-order valence-corrected chi connectivity index (χ2v) is 7.43. The molecule has 2 aromatic rings. The third-order valence-corrected chi connectivity index (χ3v) is 4.80. The first-order chi connectivity index (χ1) is 11.5. The van der Waals surface area contributed by atoms with Crippen LogP contribution in [0.3, 0.4) is 0 Å². The molecule has 11 heteroatoms. The lowest BCUT2D eigenvalue weighted by molar-refractivity contribution is -0.137. The second-order valence-electron chi connectivity index (χ2n) is 5.14. The molecule has 0 bridgehead atoms. The highest BCUT2D eigenvalue weighted by atomic mass is 35.5. The van der Waals surface area contributed by atoms with Gasteiger partial charge in [0.15, 0.2) is 0 Å². The fourth-order valence-corrected chi connectivity index (χ4v) is 2.53. The van der Waals surface area contributed by atoms with Gasteiger partial charge < -0.3 is 5.32 Å². The van der Waals surface area contributed by atoms with Crippen molar-refractivity contribution < 1.29 is 21.6 Å². The molecule has 2 N–H and O–H groups in total. The fraction of sp³-hybridized carbons (Fsp3) is 0.214. The molecule has 0 saturated carbocycles. The van der Waals surface area contributed by atoms with Crippen molar-refractivity contribution in [2.45, 2.75) is 6.18 Å². The highest BCUT2D eigenvalue weighted by molar-refractivity contribution is 7.90. The largest absolute Gasteiger partial charge is 0.417 e. The average Bonchev–Trinajstić information content (AvgIpc) is 2.49. The van der Waals surface area contributed by atoms with E-state index >= 15 is 0 Å². The summed E-state index contributed by atoms with van der Waals surface area (Å²) < 4.78 is 65.1. The van der Waals surface area contributed by atoms with E-state index in [1.165, 1.54) is 38.5 Å². The van der Waals surface area contributed by atoms with E-state index in [-0.39, 0.29) is 11.5 Å². The monoisotopic (exact) mass is 394 g/mol. The van der Waals surface area contributed by atoms with Crippen molar-refractivity contribution in [1.29, 1.82) is 0 Å². The first-order valence-electron chi connectivity index (χ1n) is 6.79. The number of aromatic nitrogens is 1. The fourth-order valence-electron chi connectivity index (χ4n) is 1.74. The van der Waals surface area contributed by atoms with Gasteiger partial charge >= 0.3 is 16.4 Å². The van der Waals surface area contributed by atoms with Gasteiger partial charge in [-0.15, -0.1) is 0 Å². The molecule has 0 aliphatic carbocycles. The molecule has 0 amide bonds. The van der Waals surface area contributed by atoms with Crippen molar-refractivity contribution in [3.05, 3.63) is 47.1 Å². The summed E-state index contributed by atoms with van der Waals surface area (Å²) in [7, 11) is -0.973. The van der Waals surface area contributed by atoms with E-state index in [2.05, 4.69) is 15.0 Å². The number of nitrogens with one attached hydrogen (secondary N) is 2. The van der Waals surface area contributed by atoms with Crippen LogP contribution in [0.5, 0.6) is 0 Å². The van der Waals surface area contributed by atoms with Crippen molar-refractivity contribution in [3.8, 4) is 0 Å². The first-order valence-corrected chi connectivity index (χ1v) is 8.61. The minimum absolute atomic E-state index is 0.0753. The molecule has 0 atom stereocenters. The van der Waals surface area contributed by atoms with E-state index in [0.29, 0.717) is 5.69 Å².